The zero-order chi connectivity index (χ0) is 15.0. The summed E-state index contributed by atoms with van der Waals surface area (Å²) in [6, 6.07) is 11.8. The van der Waals surface area contributed by atoms with Crippen LogP contribution in [0.1, 0.15) is 29.7 Å². The third-order valence-electron chi connectivity index (χ3n) is 3.65. The molecular formula is C16H15Br2NO2. The number of fused-ring (bicyclic) bond motifs is 1. The van der Waals surface area contributed by atoms with Gasteiger partial charge in [-0.1, -0.05) is 37.9 Å². The summed E-state index contributed by atoms with van der Waals surface area (Å²) in [5.41, 5.74) is 8.36. The highest BCUT2D eigenvalue weighted by Gasteiger charge is 2.29. The van der Waals surface area contributed by atoms with Gasteiger partial charge in [-0.3, -0.25) is 0 Å². The predicted octanol–water partition coefficient (Wildman–Crippen LogP) is 4.74. The van der Waals surface area contributed by atoms with Gasteiger partial charge in [-0.15, -0.1) is 0 Å². The summed E-state index contributed by atoms with van der Waals surface area (Å²) in [7, 11) is 1.67. The molecule has 1 aliphatic heterocycles. The zero-order valence-corrected chi connectivity index (χ0v) is 14.6. The van der Waals surface area contributed by atoms with E-state index in [9.17, 15) is 0 Å². The van der Waals surface area contributed by atoms with Gasteiger partial charge in [-0.25, -0.2) is 0 Å². The van der Waals surface area contributed by atoms with Crippen molar-refractivity contribution in [3.05, 3.63) is 56.5 Å². The minimum absolute atomic E-state index is 0.0458. The van der Waals surface area contributed by atoms with Gasteiger partial charge >= 0.3 is 0 Å². The standard InChI is InChI=1S/C16H15Br2NO2/c1-20-14-5-3-9(17)6-12(14)16-8-13(19)11-4-2-10(18)7-15(11)21-16/h2-7,13,16H,8,19H2,1H3/t13-,16?/m0/s1. The van der Waals surface area contributed by atoms with Crippen molar-refractivity contribution in [1.82, 2.24) is 0 Å². The van der Waals surface area contributed by atoms with Crippen molar-refractivity contribution >= 4 is 31.9 Å². The number of rotatable bonds is 2. The lowest BCUT2D eigenvalue weighted by Crippen LogP contribution is -2.24. The molecule has 2 N–H and O–H groups in total. The first-order chi connectivity index (χ1) is 10.1. The van der Waals surface area contributed by atoms with Gasteiger partial charge in [-0.05, 0) is 30.3 Å². The van der Waals surface area contributed by atoms with Crippen LogP contribution >= 0.6 is 31.9 Å². The molecule has 3 rings (SSSR count). The van der Waals surface area contributed by atoms with E-state index in [-0.39, 0.29) is 12.1 Å². The molecular weight excluding hydrogens is 398 g/mol. The number of hydrogen-bond donors (Lipinski definition) is 1. The average molecular weight is 413 g/mol. The predicted molar refractivity (Wildman–Crippen MR) is 89.8 cm³/mol. The number of hydrogen-bond acceptors (Lipinski definition) is 3. The molecule has 1 unspecified atom stereocenters. The molecule has 0 aliphatic carbocycles. The van der Waals surface area contributed by atoms with E-state index < -0.39 is 0 Å². The lowest BCUT2D eigenvalue weighted by atomic mass is 9.93. The number of ether oxygens (including phenoxy) is 2. The second kappa shape index (κ2) is 5.99. The summed E-state index contributed by atoms with van der Waals surface area (Å²) in [6.07, 6.45) is 0.607. The van der Waals surface area contributed by atoms with Gasteiger partial charge in [0, 0.05) is 32.5 Å². The quantitative estimate of drug-likeness (QED) is 0.774. The van der Waals surface area contributed by atoms with Crippen molar-refractivity contribution in [3.8, 4) is 11.5 Å². The van der Waals surface area contributed by atoms with Crippen LogP contribution in [-0.2, 0) is 0 Å². The Morgan fingerprint density at radius 3 is 2.57 bits per heavy atom. The second-order valence-corrected chi connectivity index (χ2v) is 6.85. The monoisotopic (exact) mass is 411 g/mol. The van der Waals surface area contributed by atoms with Gasteiger partial charge in [0.25, 0.3) is 0 Å². The summed E-state index contributed by atoms with van der Waals surface area (Å²) in [6.45, 7) is 0. The van der Waals surface area contributed by atoms with Crippen molar-refractivity contribution in [2.75, 3.05) is 7.11 Å². The molecule has 1 aliphatic rings. The van der Waals surface area contributed by atoms with Crippen LogP contribution in [0.5, 0.6) is 11.5 Å². The SMILES string of the molecule is COc1ccc(Br)cc1C1C[C@H](N)c2ccc(Br)cc2O1. The fraction of sp³-hybridized carbons (Fsp3) is 0.250. The first-order valence-electron chi connectivity index (χ1n) is 6.63. The van der Waals surface area contributed by atoms with Gasteiger partial charge in [0.1, 0.15) is 17.6 Å². The highest BCUT2D eigenvalue weighted by molar-refractivity contribution is 9.10. The minimum atomic E-state index is -0.116. The molecule has 21 heavy (non-hydrogen) atoms. The first-order valence-corrected chi connectivity index (χ1v) is 8.22. The lowest BCUT2D eigenvalue weighted by molar-refractivity contribution is 0.157. The van der Waals surface area contributed by atoms with Crippen LogP contribution in [0.2, 0.25) is 0 Å². The minimum Gasteiger partial charge on any atom is -0.496 e. The molecule has 0 fully saturated rings. The average Bonchev–Trinajstić information content (AvgIpc) is 2.46. The van der Waals surface area contributed by atoms with E-state index in [1.54, 1.807) is 7.11 Å². The molecule has 0 aromatic heterocycles. The molecule has 0 saturated carbocycles. The van der Waals surface area contributed by atoms with Crippen molar-refractivity contribution in [2.45, 2.75) is 18.6 Å². The summed E-state index contributed by atoms with van der Waals surface area (Å²) in [5, 5.41) is 0. The van der Waals surface area contributed by atoms with Gasteiger partial charge in [0.2, 0.25) is 0 Å². The Labute approximate surface area is 140 Å². The van der Waals surface area contributed by atoms with E-state index in [0.29, 0.717) is 0 Å². The fourth-order valence-corrected chi connectivity index (χ4v) is 3.34. The molecule has 0 saturated heterocycles. The largest absolute Gasteiger partial charge is 0.496 e. The summed E-state index contributed by atoms with van der Waals surface area (Å²) in [5.74, 6) is 1.64. The van der Waals surface area contributed by atoms with E-state index in [1.165, 1.54) is 0 Å². The Morgan fingerprint density at radius 2 is 1.81 bits per heavy atom. The first kappa shape index (κ1) is 14.9. The van der Waals surface area contributed by atoms with Crippen molar-refractivity contribution in [3.63, 3.8) is 0 Å². The molecule has 0 bridgehead atoms. The molecule has 0 spiro atoms. The van der Waals surface area contributed by atoms with E-state index in [1.807, 2.05) is 36.4 Å². The number of nitrogens with two attached hydrogens (primary N) is 1. The van der Waals surface area contributed by atoms with Crippen molar-refractivity contribution in [1.29, 1.82) is 0 Å². The molecule has 2 aromatic carbocycles. The van der Waals surface area contributed by atoms with Gasteiger partial charge in [0.15, 0.2) is 0 Å². The van der Waals surface area contributed by atoms with Crippen LogP contribution in [0, 0.1) is 0 Å². The highest BCUT2D eigenvalue weighted by Crippen LogP contribution is 2.43. The van der Waals surface area contributed by atoms with Crippen LogP contribution in [0.4, 0.5) is 0 Å². The molecule has 0 amide bonds. The zero-order valence-electron chi connectivity index (χ0n) is 11.5. The molecule has 5 heteroatoms. The molecule has 110 valence electrons. The van der Waals surface area contributed by atoms with Gasteiger partial charge in [0.05, 0.1) is 7.11 Å². The Kier molecular flexibility index (Phi) is 4.24. The maximum Gasteiger partial charge on any atom is 0.129 e. The lowest BCUT2D eigenvalue weighted by Gasteiger charge is -2.31. The molecule has 0 radical (unpaired) electrons. The van der Waals surface area contributed by atoms with Crippen LogP contribution in [-0.4, -0.2) is 7.11 Å². The molecule has 2 aromatic rings. The normalized spacial score (nSPS) is 20.6. The van der Waals surface area contributed by atoms with Crippen LogP contribution in [0.3, 0.4) is 0 Å². The van der Waals surface area contributed by atoms with Crippen LogP contribution in [0.25, 0.3) is 0 Å². The summed E-state index contributed by atoms with van der Waals surface area (Å²) >= 11 is 6.97. The number of methoxy groups -OCH3 is 1. The third-order valence-corrected chi connectivity index (χ3v) is 4.64. The molecule has 3 nitrogen and oxygen atoms in total. The second-order valence-electron chi connectivity index (χ2n) is 5.02. The Hall–Kier alpha value is -1.04. The molecule has 2 atom stereocenters. The van der Waals surface area contributed by atoms with E-state index in [0.717, 1.165) is 38.0 Å². The topological polar surface area (TPSA) is 44.5 Å². The Morgan fingerprint density at radius 1 is 1.10 bits per heavy atom. The highest BCUT2D eigenvalue weighted by atomic mass is 79.9. The fourth-order valence-electron chi connectivity index (χ4n) is 2.62. The summed E-state index contributed by atoms with van der Waals surface area (Å²) in [4.78, 5) is 0. The Bertz CT molecular complexity index is 675. The maximum atomic E-state index is 6.31. The van der Waals surface area contributed by atoms with E-state index >= 15 is 0 Å². The van der Waals surface area contributed by atoms with E-state index in [2.05, 4.69) is 31.9 Å². The smallest absolute Gasteiger partial charge is 0.129 e. The molecule has 1 heterocycles. The van der Waals surface area contributed by atoms with Gasteiger partial charge in [-0.2, -0.15) is 0 Å². The number of halogens is 2. The summed E-state index contributed by atoms with van der Waals surface area (Å²) < 4.78 is 13.6. The Balaban J connectivity index is 2.01. The van der Waals surface area contributed by atoms with Gasteiger partial charge < -0.3 is 15.2 Å². The van der Waals surface area contributed by atoms with Crippen molar-refractivity contribution < 1.29 is 9.47 Å². The van der Waals surface area contributed by atoms with Crippen LogP contribution < -0.4 is 15.2 Å². The van der Waals surface area contributed by atoms with Crippen LogP contribution in [0.15, 0.2) is 45.3 Å². The maximum absolute atomic E-state index is 6.31. The van der Waals surface area contributed by atoms with Crippen molar-refractivity contribution in [2.24, 2.45) is 5.73 Å². The van der Waals surface area contributed by atoms with E-state index in [4.69, 9.17) is 15.2 Å². The third kappa shape index (κ3) is 2.96. The number of benzene rings is 2.